The number of carboxylic acids is 1. The van der Waals surface area contributed by atoms with Crippen LogP contribution in [0.1, 0.15) is 58.7 Å². The molecule has 7 aromatic rings. The van der Waals surface area contributed by atoms with E-state index in [1.807, 2.05) is 60.0 Å². The average Bonchev–Trinajstić information content (AvgIpc) is 3.68. The Balaban J connectivity index is 0.000000145. The predicted octanol–water partition coefficient (Wildman–Crippen LogP) is 5.19. The summed E-state index contributed by atoms with van der Waals surface area (Å²) in [6.07, 6.45) is 0.640. The molecule has 5 aromatic carbocycles. The largest absolute Gasteiger partial charge is 0.478 e. The molecule has 17 nitrogen and oxygen atoms in total. The molecule has 0 fully saturated rings. The van der Waals surface area contributed by atoms with Crippen LogP contribution in [0, 0.1) is 0 Å². The van der Waals surface area contributed by atoms with Crippen molar-refractivity contribution < 1.29 is 33.9 Å². The quantitative estimate of drug-likeness (QED) is 0.0651. The zero-order chi connectivity index (χ0) is 46.0. The minimum absolute atomic E-state index is 0.0627. The van der Waals surface area contributed by atoms with Crippen LogP contribution in [0.4, 0.5) is 11.4 Å². The fourth-order valence-electron chi connectivity index (χ4n) is 7.64. The van der Waals surface area contributed by atoms with Crippen molar-refractivity contribution in [3.63, 3.8) is 0 Å². The molecule has 4 amide bonds. The zero-order valence-corrected chi connectivity index (χ0v) is 35.9. The van der Waals surface area contributed by atoms with Crippen LogP contribution >= 0.6 is 11.6 Å². The number of nitrogens with zero attached hydrogens (tertiary/aromatic N) is 4. The van der Waals surface area contributed by atoms with Crippen LogP contribution in [0.25, 0.3) is 44.8 Å². The molecule has 2 aromatic heterocycles. The number of rotatable bonds is 6. The van der Waals surface area contributed by atoms with Crippen molar-refractivity contribution in [1.29, 1.82) is 0 Å². The molecular formula is C47H45ClN10O7. The van der Waals surface area contributed by atoms with Crippen LogP contribution < -0.4 is 32.3 Å². The lowest BCUT2D eigenvalue weighted by Gasteiger charge is -2.09. The van der Waals surface area contributed by atoms with Gasteiger partial charge in [0.15, 0.2) is 0 Å². The van der Waals surface area contributed by atoms with Crippen molar-refractivity contribution in [2.45, 2.75) is 20.0 Å². The van der Waals surface area contributed by atoms with Crippen molar-refractivity contribution in [2.24, 2.45) is 0 Å². The Labute approximate surface area is 377 Å². The number of amides is 4. The number of para-hydroxylation sites is 3. The Hall–Kier alpha value is -8.05. The number of aldehydes is 1. The van der Waals surface area contributed by atoms with Gasteiger partial charge in [-0.05, 0) is 67.6 Å². The summed E-state index contributed by atoms with van der Waals surface area (Å²) in [5.74, 6) is 0.224. The summed E-state index contributed by atoms with van der Waals surface area (Å²) in [5, 5.41) is 23.6. The Kier molecular flexibility index (Phi) is 14.1. The number of benzene rings is 5. The van der Waals surface area contributed by atoms with Crippen LogP contribution in [-0.2, 0) is 17.9 Å². The van der Waals surface area contributed by atoms with E-state index in [0.717, 1.165) is 44.7 Å². The highest BCUT2D eigenvalue weighted by molar-refractivity contribution is 6.24. The minimum atomic E-state index is -0.976. The summed E-state index contributed by atoms with van der Waals surface area (Å²) >= 11 is 4.82. The number of carbonyl (C=O) groups excluding carboxylic acids is 5. The molecule has 65 heavy (non-hydrogen) atoms. The number of aromatic carboxylic acids is 1. The second kappa shape index (κ2) is 20.4. The van der Waals surface area contributed by atoms with E-state index in [1.54, 1.807) is 54.6 Å². The van der Waals surface area contributed by atoms with E-state index in [0.29, 0.717) is 85.9 Å². The minimum Gasteiger partial charge on any atom is -0.478 e. The molecule has 10 rings (SSSR count). The number of nitrogen functional groups attached to an aromatic ring is 1. The molecule has 18 heteroatoms. The molecule has 332 valence electrons. The van der Waals surface area contributed by atoms with Gasteiger partial charge in [0.05, 0.1) is 61.6 Å². The number of nitrogens with two attached hydrogens (primary N) is 1. The Morgan fingerprint density at radius 3 is 1.69 bits per heavy atom. The second-order valence-corrected chi connectivity index (χ2v) is 14.9. The summed E-state index contributed by atoms with van der Waals surface area (Å²) < 4.78 is 4.03. The van der Waals surface area contributed by atoms with Gasteiger partial charge >= 0.3 is 5.97 Å². The van der Waals surface area contributed by atoms with Crippen LogP contribution in [0.3, 0.4) is 0 Å². The van der Waals surface area contributed by atoms with Crippen molar-refractivity contribution in [3.05, 3.63) is 131 Å². The topological polar surface area (TPSA) is 244 Å². The Morgan fingerprint density at radius 2 is 1.15 bits per heavy atom. The molecule has 0 atom stereocenters. The molecule has 8 N–H and O–H groups in total. The van der Waals surface area contributed by atoms with E-state index >= 15 is 0 Å². The van der Waals surface area contributed by atoms with Gasteiger partial charge in [-0.25, -0.2) is 14.8 Å². The molecular weight excluding hydrogens is 852 g/mol. The maximum atomic E-state index is 12.2. The number of alkyl halides is 1. The molecule has 0 unspecified atom stereocenters. The van der Waals surface area contributed by atoms with Gasteiger partial charge < -0.3 is 51.4 Å². The summed E-state index contributed by atoms with van der Waals surface area (Å²) in [7, 11) is 0. The van der Waals surface area contributed by atoms with Gasteiger partial charge in [-0.2, -0.15) is 0 Å². The number of anilines is 2. The third-order valence-electron chi connectivity index (χ3n) is 10.5. The Bertz CT molecular complexity index is 2960. The number of fused-ring (bicyclic) bond motifs is 1. The van der Waals surface area contributed by atoms with Gasteiger partial charge in [0.1, 0.15) is 17.9 Å². The maximum absolute atomic E-state index is 12.2. The summed E-state index contributed by atoms with van der Waals surface area (Å²) in [5.41, 5.74) is 14.5. The molecule has 5 heterocycles. The lowest BCUT2D eigenvalue weighted by molar-refractivity contribution is -0.105. The van der Waals surface area contributed by atoms with E-state index < -0.39 is 5.97 Å². The fraction of sp³-hybridized carbons (Fsp3) is 0.191. The first-order valence-electron chi connectivity index (χ1n) is 20.7. The first kappa shape index (κ1) is 45.0. The molecule has 0 spiro atoms. The molecule has 0 radical (unpaired) electrons. The van der Waals surface area contributed by atoms with Gasteiger partial charge in [-0.3, -0.25) is 19.2 Å². The zero-order valence-electron chi connectivity index (χ0n) is 35.2. The van der Waals surface area contributed by atoms with Crippen molar-refractivity contribution in [3.8, 4) is 22.8 Å². The number of hydrogen-bond donors (Lipinski definition) is 7. The number of hydrogen-bond acceptors (Lipinski definition) is 10. The molecule has 0 aliphatic carbocycles. The van der Waals surface area contributed by atoms with E-state index in [9.17, 15) is 29.1 Å². The van der Waals surface area contributed by atoms with Gasteiger partial charge in [0, 0.05) is 62.5 Å². The number of halogens is 1. The summed E-state index contributed by atoms with van der Waals surface area (Å²) in [6.45, 7) is 6.10. The van der Waals surface area contributed by atoms with Crippen LogP contribution in [0.5, 0.6) is 0 Å². The SMILES string of the molecule is CCNC(=O)c1cccc(-c2nc3cccc4c3n2CCNC4=O)c1.Nc1cccc2c1NCCNC2=O.O=C(O)c1cccc(-c2nc3cccc4c3n2CCNC4=O)c1.O=CCCl. The third kappa shape index (κ3) is 9.79. The highest BCUT2D eigenvalue weighted by atomic mass is 35.5. The van der Waals surface area contributed by atoms with Crippen LogP contribution in [0.15, 0.2) is 103 Å². The fourth-order valence-corrected chi connectivity index (χ4v) is 7.64. The number of carboxylic acid groups (broad SMARTS) is 1. The summed E-state index contributed by atoms with van der Waals surface area (Å²) in [4.78, 5) is 77.6. The molecule has 0 saturated carbocycles. The lowest BCUT2D eigenvalue weighted by atomic mass is 10.1. The third-order valence-corrected chi connectivity index (χ3v) is 10.6. The molecule has 3 aliphatic rings. The number of carbonyl (C=O) groups is 6. The normalized spacial score (nSPS) is 13.4. The van der Waals surface area contributed by atoms with E-state index in [1.165, 1.54) is 0 Å². The van der Waals surface area contributed by atoms with Gasteiger partial charge in [-0.15, -0.1) is 11.6 Å². The first-order valence-corrected chi connectivity index (χ1v) is 21.2. The highest BCUT2D eigenvalue weighted by Crippen LogP contribution is 2.31. The number of nitrogens with one attached hydrogen (secondary N) is 5. The summed E-state index contributed by atoms with van der Waals surface area (Å²) in [6, 6.07) is 30.4. The van der Waals surface area contributed by atoms with Crippen molar-refractivity contribution >= 4 is 80.9 Å². The lowest BCUT2D eigenvalue weighted by Crippen LogP contribution is -2.24. The Morgan fingerprint density at radius 1 is 0.692 bits per heavy atom. The number of imidazole rings is 2. The van der Waals surface area contributed by atoms with E-state index in [4.69, 9.17) is 27.1 Å². The van der Waals surface area contributed by atoms with E-state index in [-0.39, 0.29) is 35.1 Å². The molecule has 0 saturated heterocycles. The molecule has 0 bridgehead atoms. The van der Waals surface area contributed by atoms with Gasteiger partial charge in [0.25, 0.3) is 23.6 Å². The van der Waals surface area contributed by atoms with Crippen LogP contribution in [-0.4, -0.2) is 98.7 Å². The second-order valence-electron chi connectivity index (χ2n) is 14.6. The van der Waals surface area contributed by atoms with E-state index in [2.05, 4.69) is 36.1 Å². The standard InChI is InChI=1S/C19H18N4O2.C17H13N3O3.C9H11N3O.C2H3ClO/c1-2-20-18(24)13-6-3-5-12(11-13)17-22-15-8-4-7-14-16(15)23(17)10-9-21-19(14)25;21-16-12-5-2-6-13-14(12)20(8-7-18-16)15(19-13)10-3-1-4-11(9-10)17(22)23;10-7-3-1-2-6-8(7)11-4-5-12-9(6)13;3-1-2-4/h3-8,11H,2,9-10H2,1H3,(H,20,24)(H,21,25);1-6,9H,7-8H2,(H,18,21)(H,22,23);1-3,11H,4-5,10H2,(H,12,13);2H,1H2. The number of aromatic nitrogens is 4. The predicted molar refractivity (Wildman–Crippen MR) is 248 cm³/mol. The molecule has 3 aliphatic heterocycles. The van der Waals surface area contributed by atoms with Crippen LogP contribution in [0.2, 0.25) is 0 Å². The van der Waals surface area contributed by atoms with Gasteiger partial charge in [-0.1, -0.05) is 42.5 Å². The highest BCUT2D eigenvalue weighted by Gasteiger charge is 2.24. The van der Waals surface area contributed by atoms with Gasteiger partial charge in [0.2, 0.25) is 0 Å². The smallest absolute Gasteiger partial charge is 0.335 e. The average molecular weight is 897 g/mol. The van der Waals surface area contributed by atoms with Crippen molar-refractivity contribution in [1.82, 2.24) is 40.4 Å². The maximum Gasteiger partial charge on any atom is 0.335 e. The monoisotopic (exact) mass is 896 g/mol. The van der Waals surface area contributed by atoms with Crippen molar-refractivity contribution in [2.75, 3.05) is 49.7 Å². The first-order chi connectivity index (χ1) is 31.5.